The molecule has 1 aromatic carbocycles. The Bertz CT molecular complexity index is 471. The molecule has 0 N–H and O–H groups in total. The molecule has 2 nitrogen and oxygen atoms in total. The van der Waals surface area contributed by atoms with Gasteiger partial charge >= 0.3 is 0 Å². The topological polar surface area (TPSA) is 27.0 Å². The highest BCUT2D eigenvalue weighted by Gasteiger charge is 2.19. The number of nitrogens with zero attached hydrogens (tertiary/aromatic N) is 2. The van der Waals surface area contributed by atoms with E-state index in [0.717, 1.165) is 24.2 Å². The first kappa shape index (κ1) is 11.1. The molecule has 0 amide bonds. The van der Waals surface area contributed by atoms with Gasteiger partial charge in [0.1, 0.15) is 0 Å². The first-order valence-electron chi connectivity index (χ1n) is 5.42. The van der Waals surface area contributed by atoms with Crippen molar-refractivity contribution in [2.45, 2.75) is 31.6 Å². The van der Waals surface area contributed by atoms with E-state index >= 15 is 0 Å². The lowest BCUT2D eigenvalue weighted by molar-refractivity contribution is 0.873. The van der Waals surface area contributed by atoms with Gasteiger partial charge in [-0.15, -0.1) is 0 Å². The molecule has 0 unspecified atom stereocenters. The zero-order chi connectivity index (χ0) is 11.5. The number of benzene rings is 1. The molecule has 0 aromatic heterocycles. The Morgan fingerprint density at radius 2 is 2.25 bits per heavy atom. The average Bonchev–Trinajstić information content (AvgIpc) is 2.29. The molecule has 0 radical (unpaired) electrons. The fourth-order valence-electron chi connectivity index (χ4n) is 1.78. The summed E-state index contributed by atoms with van der Waals surface area (Å²) in [6.45, 7) is 4.20. The van der Waals surface area contributed by atoms with Crippen molar-refractivity contribution in [1.82, 2.24) is 0 Å². The Hall–Kier alpha value is -1.40. The maximum Gasteiger partial charge on any atom is 0.189 e. The highest BCUT2D eigenvalue weighted by Crippen LogP contribution is 2.39. The van der Waals surface area contributed by atoms with E-state index in [1.54, 1.807) is 16.7 Å². The van der Waals surface area contributed by atoms with Crippen molar-refractivity contribution in [3.05, 3.63) is 34.9 Å². The maximum atomic E-state index is 9.23. The summed E-state index contributed by atoms with van der Waals surface area (Å²) in [6.07, 6.45) is 4.28. The highest BCUT2D eigenvalue weighted by molar-refractivity contribution is 8.02. The van der Waals surface area contributed by atoms with E-state index in [2.05, 4.69) is 37.6 Å². The normalized spacial score (nSPS) is 14.1. The van der Waals surface area contributed by atoms with Crippen LogP contribution in [0.3, 0.4) is 0 Å². The number of thioether (sulfide) groups is 1. The molecule has 16 heavy (non-hydrogen) atoms. The second-order valence-electron chi connectivity index (χ2n) is 3.88. The molecule has 1 aliphatic heterocycles. The second kappa shape index (κ2) is 4.63. The summed E-state index contributed by atoms with van der Waals surface area (Å²) in [5.74, 6) is 0. The zero-order valence-electron chi connectivity index (χ0n) is 9.53. The van der Waals surface area contributed by atoms with E-state index in [1.807, 2.05) is 6.07 Å². The van der Waals surface area contributed by atoms with Crippen LogP contribution in [0.5, 0.6) is 0 Å². The minimum Gasteiger partial charge on any atom is -0.250 e. The second-order valence-corrected chi connectivity index (χ2v) is 4.79. The fraction of sp³-hybridized carbons (Fsp3) is 0.308. The van der Waals surface area contributed by atoms with Crippen molar-refractivity contribution >= 4 is 17.4 Å². The van der Waals surface area contributed by atoms with Gasteiger partial charge in [-0.1, -0.05) is 31.2 Å². The van der Waals surface area contributed by atoms with Crippen LogP contribution in [0.4, 0.5) is 5.69 Å². The van der Waals surface area contributed by atoms with Gasteiger partial charge in [0.05, 0.1) is 5.69 Å². The molecule has 0 atom stereocenters. The van der Waals surface area contributed by atoms with Crippen molar-refractivity contribution < 1.29 is 0 Å². The van der Waals surface area contributed by atoms with Gasteiger partial charge in [-0.2, -0.15) is 5.26 Å². The Morgan fingerprint density at radius 1 is 1.44 bits per heavy atom. The number of anilines is 1. The molecule has 1 heterocycles. The van der Waals surface area contributed by atoms with Crippen LogP contribution in [-0.4, -0.2) is 0 Å². The van der Waals surface area contributed by atoms with Gasteiger partial charge in [0.2, 0.25) is 0 Å². The third-order valence-corrected chi connectivity index (χ3v) is 3.54. The van der Waals surface area contributed by atoms with Crippen molar-refractivity contribution in [3.8, 4) is 6.19 Å². The van der Waals surface area contributed by atoms with E-state index in [4.69, 9.17) is 0 Å². The molecule has 0 saturated heterocycles. The lowest BCUT2D eigenvalue weighted by atomic mass is 10.2. The number of rotatable bonds is 2. The van der Waals surface area contributed by atoms with Gasteiger partial charge in [-0.25, -0.2) is 0 Å². The number of aryl methyl sites for hydroxylation is 1. The van der Waals surface area contributed by atoms with Crippen molar-refractivity contribution in [2.75, 3.05) is 4.90 Å². The van der Waals surface area contributed by atoms with Crippen LogP contribution in [-0.2, 0) is 0 Å². The SMILES string of the molecule is CCCC1=CSc2cc(C)ccc2N1C#N. The molecule has 0 fully saturated rings. The summed E-state index contributed by atoms with van der Waals surface area (Å²) in [5, 5.41) is 11.3. The molecule has 82 valence electrons. The van der Waals surface area contributed by atoms with E-state index in [-0.39, 0.29) is 0 Å². The molecular formula is C13H14N2S. The van der Waals surface area contributed by atoms with Crippen LogP contribution in [0.15, 0.2) is 34.2 Å². The minimum absolute atomic E-state index is 0.952. The first-order chi connectivity index (χ1) is 7.76. The minimum atomic E-state index is 0.952. The monoisotopic (exact) mass is 230 g/mol. The van der Waals surface area contributed by atoms with E-state index in [0.29, 0.717) is 0 Å². The summed E-state index contributed by atoms with van der Waals surface area (Å²) in [6, 6.07) is 6.21. The largest absolute Gasteiger partial charge is 0.250 e. The fourth-order valence-corrected chi connectivity index (χ4v) is 2.80. The van der Waals surface area contributed by atoms with Crippen LogP contribution < -0.4 is 4.90 Å². The molecular weight excluding hydrogens is 216 g/mol. The number of nitriles is 1. The lowest BCUT2D eigenvalue weighted by Gasteiger charge is -2.25. The average molecular weight is 230 g/mol. The van der Waals surface area contributed by atoms with Crippen LogP contribution >= 0.6 is 11.8 Å². The van der Waals surface area contributed by atoms with E-state index in [9.17, 15) is 5.26 Å². The smallest absolute Gasteiger partial charge is 0.189 e. The van der Waals surface area contributed by atoms with Gasteiger partial charge in [0.15, 0.2) is 6.19 Å². The molecule has 0 spiro atoms. The zero-order valence-corrected chi connectivity index (χ0v) is 10.3. The summed E-state index contributed by atoms with van der Waals surface area (Å²) < 4.78 is 0. The molecule has 3 heteroatoms. The molecule has 0 aliphatic carbocycles. The highest BCUT2D eigenvalue weighted by atomic mass is 32.2. The molecule has 1 aliphatic rings. The summed E-state index contributed by atoms with van der Waals surface area (Å²) >= 11 is 1.72. The van der Waals surface area contributed by atoms with Gasteiger partial charge in [0, 0.05) is 10.6 Å². The predicted octanol–water partition coefficient (Wildman–Crippen LogP) is 4.03. The predicted molar refractivity (Wildman–Crippen MR) is 68.1 cm³/mol. The number of hydrogen-bond donors (Lipinski definition) is 0. The molecule has 0 saturated carbocycles. The Balaban J connectivity index is 2.41. The number of fused-ring (bicyclic) bond motifs is 1. The van der Waals surface area contributed by atoms with E-state index < -0.39 is 0 Å². The molecule has 1 aromatic rings. The van der Waals surface area contributed by atoms with E-state index in [1.165, 1.54) is 10.5 Å². The van der Waals surface area contributed by atoms with Gasteiger partial charge < -0.3 is 0 Å². The van der Waals surface area contributed by atoms with Crippen LogP contribution in [0.25, 0.3) is 0 Å². The van der Waals surface area contributed by atoms with Crippen LogP contribution in [0, 0.1) is 18.4 Å². The van der Waals surface area contributed by atoms with Gasteiger partial charge in [-0.3, -0.25) is 4.90 Å². The Kier molecular flexibility index (Phi) is 3.21. The van der Waals surface area contributed by atoms with Gasteiger partial charge in [0.25, 0.3) is 0 Å². The Labute approximate surface area is 101 Å². The third kappa shape index (κ3) is 1.94. The third-order valence-electron chi connectivity index (χ3n) is 2.57. The summed E-state index contributed by atoms with van der Waals surface area (Å²) in [7, 11) is 0. The first-order valence-corrected chi connectivity index (χ1v) is 6.30. The number of hydrogen-bond acceptors (Lipinski definition) is 3. The molecule has 0 bridgehead atoms. The molecule has 2 rings (SSSR count). The summed E-state index contributed by atoms with van der Waals surface area (Å²) in [4.78, 5) is 2.91. The van der Waals surface area contributed by atoms with Crippen molar-refractivity contribution in [2.24, 2.45) is 0 Å². The summed E-state index contributed by atoms with van der Waals surface area (Å²) in [5.41, 5.74) is 3.35. The standard InChI is InChI=1S/C13H14N2S/c1-3-4-11-8-16-13-7-10(2)5-6-12(13)15(11)9-14/h5-8H,3-4H2,1-2H3. The number of allylic oxidation sites excluding steroid dienone is 1. The van der Waals surface area contributed by atoms with Crippen molar-refractivity contribution in [1.29, 1.82) is 5.26 Å². The Morgan fingerprint density at radius 3 is 2.94 bits per heavy atom. The van der Waals surface area contributed by atoms with Crippen molar-refractivity contribution in [3.63, 3.8) is 0 Å². The van der Waals surface area contributed by atoms with Crippen LogP contribution in [0.2, 0.25) is 0 Å². The lowest BCUT2D eigenvalue weighted by Crippen LogP contribution is -2.18. The maximum absolute atomic E-state index is 9.23. The quantitative estimate of drug-likeness (QED) is 0.718. The van der Waals surface area contributed by atoms with Gasteiger partial charge in [-0.05, 0) is 36.4 Å². The van der Waals surface area contributed by atoms with Crippen LogP contribution in [0.1, 0.15) is 25.3 Å².